The van der Waals surface area contributed by atoms with Gasteiger partial charge in [-0.1, -0.05) is 0 Å². The normalized spacial score (nSPS) is 15.5. The molecular formula is C19H14FN3O3S. The summed E-state index contributed by atoms with van der Waals surface area (Å²) in [5.74, 6) is -0.368. The third-order valence-electron chi connectivity index (χ3n) is 4.04. The second-order valence-corrected chi connectivity index (χ2v) is 6.82. The molecular weight excluding hydrogens is 369 g/mol. The highest BCUT2D eigenvalue weighted by molar-refractivity contribution is 7.14. The van der Waals surface area contributed by atoms with E-state index in [2.05, 4.69) is 15.6 Å². The van der Waals surface area contributed by atoms with Crippen molar-refractivity contribution in [2.45, 2.75) is 13.0 Å². The van der Waals surface area contributed by atoms with Gasteiger partial charge in [-0.3, -0.25) is 14.9 Å². The molecule has 27 heavy (non-hydrogen) atoms. The Balaban J connectivity index is 1.53. The maximum absolute atomic E-state index is 13.0. The summed E-state index contributed by atoms with van der Waals surface area (Å²) in [7, 11) is 0. The molecule has 0 saturated heterocycles. The van der Waals surface area contributed by atoms with Gasteiger partial charge in [-0.25, -0.2) is 9.37 Å². The number of aromatic nitrogens is 1. The number of hydrogen-bond donors (Lipinski definition) is 2. The number of anilines is 2. The fourth-order valence-corrected chi connectivity index (χ4v) is 3.32. The Kier molecular flexibility index (Phi) is 4.33. The molecule has 2 amide bonds. The van der Waals surface area contributed by atoms with Crippen LogP contribution in [0.3, 0.4) is 0 Å². The zero-order valence-electron chi connectivity index (χ0n) is 14.2. The van der Waals surface area contributed by atoms with E-state index in [0.29, 0.717) is 27.8 Å². The minimum atomic E-state index is -0.532. The number of nitrogens with one attached hydrogen (secondary N) is 2. The molecule has 1 aliphatic heterocycles. The molecule has 4 rings (SSSR count). The first-order chi connectivity index (χ1) is 13.0. The summed E-state index contributed by atoms with van der Waals surface area (Å²) in [6.45, 7) is 1.68. The quantitative estimate of drug-likeness (QED) is 0.718. The first kappa shape index (κ1) is 17.2. The van der Waals surface area contributed by atoms with Crippen molar-refractivity contribution in [3.8, 4) is 17.0 Å². The van der Waals surface area contributed by atoms with Crippen molar-refractivity contribution in [1.82, 2.24) is 4.98 Å². The number of carbonyl (C=O) groups excluding carboxylic acids is 2. The number of thiazole rings is 1. The molecule has 136 valence electrons. The summed E-state index contributed by atoms with van der Waals surface area (Å²) in [6.07, 6.45) is -0.532. The largest absolute Gasteiger partial charge is 0.479 e. The van der Waals surface area contributed by atoms with Gasteiger partial charge in [0.25, 0.3) is 11.8 Å². The molecule has 0 aliphatic carbocycles. The number of amides is 2. The van der Waals surface area contributed by atoms with Crippen LogP contribution in [0.1, 0.15) is 17.3 Å². The van der Waals surface area contributed by atoms with Crippen molar-refractivity contribution in [3.05, 3.63) is 59.2 Å². The summed E-state index contributed by atoms with van der Waals surface area (Å²) < 4.78 is 18.5. The molecule has 0 fully saturated rings. The zero-order valence-corrected chi connectivity index (χ0v) is 15.0. The van der Waals surface area contributed by atoms with Gasteiger partial charge in [0, 0.05) is 16.5 Å². The van der Waals surface area contributed by atoms with E-state index in [0.717, 1.165) is 5.56 Å². The Labute approximate surface area is 158 Å². The molecule has 2 N–H and O–H groups in total. The number of hydrogen-bond acceptors (Lipinski definition) is 5. The van der Waals surface area contributed by atoms with E-state index in [4.69, 9.17) is 4.74 Å². The van der Waals surface area contributed by atoms with Crippen molar-refractivity contribution >= 4 is 34.0 Å². The number of ether oxygens (including phenoxy) is 1. The minimum absolute atomic E-state index is 0.204. The molecule has 0 unspecified atom stereocenters. The lowest BCUT2D eigenvalue weighted by atomic mass is 10.1. The highest BCUT2D eigenvalue weighted by Crippen LogP contribution is 2.35. The number of benzene rings is 2. The summed E-state index contributed by atoms with van der Waals surface area (Å²) >= 11 is 1.27. The molecule has 1 aromatic heterocycles. The number of nitrogens with zero attached hydrogens (tertiary/aromatic N) is 1. The minimum Gasteiger partial charge on any atom is -0.479 e. The predicted octanol–water partition coefficient (Wildman–Crippen LogP) is 3.92. The molecule has 3 aromatic rings. The molecule has 0 radical (unpaired) electrons. The molecule has 2 aromatic carbocycles. The Morgan fingerprint density at radius 2 is 2.04 bits per heavy atom. The molecule has 0 saturated carbocycles. The predicted molar refractivity (Wildman–Crippen MR) is 101 cm³/mol. The summed E-state index contributed by atoms with van der Waals surface area (Å²) in [5.41, 5.74) is 2.37. The third-order valence-corrected chi connectivity index (χ3v) is 4.79. The van der Waals surface area contributed by atoms with E-state index < -0.39 is 11.9 Å². The average Bonchev–Trinajstić information content (AvgIpc) is 3.11. The standard InChI is InChI=1S/C19H14FN3O3S/c1-10-17(24)21-14-8-12(4-7-16(14)26-10)15-9-27-19(22-15)23-18(25)11-2-5-13(20)6-3-11/h2-10H,1H3,(H,21,24)(H,22,23,25)/t10-/m1/s1. The van der Waals surface area contributed by atoms with Crippen molar-refractivity contribution < 1.29 is 18.7 Å². The third kappa shape index (κ3) is 3.52. The van der Waals surface area contributed by atoms with Crippen LogP contribution in [0.4, 0.5) is 15.2 Å². The lowest BCUT2D eigenvalue weighted by Crippen LogP contribution is -2.34. The highest BCUT2D eigenvalue weighted by atomic mass is 32.1. The van der Waals surface area contributed by atoms with E-state index in [1.165, 1.54) is 35.6 Å². The molecule has 1 atom stereocenters. The van der Waals surface area contributed by atoms with Crippen LogP contribution in [0, 0.1) is 5.82 Å². The van der Waals surface area contributed by atoms with Crippen molar-refractivity contribution in [2.24, 2.45) is 0 Å². The topological polar surface area (TPSA) is 80.3 Å². The summed E-state index contributed by atoms with van der Waals surface area (Å²) in [5, 5.41) is 7.71. The first-order valence-electron chi connectivity index (χ1n) is 8.14. The van der Waals surface area contributed by atoms with Crippen molar-refractivity contribution in [2.75, 3.05) is 10.6 Å². The lowest BCUT2D eigenvalue weighted by Gasteiger charge is -2.23. The van der Waals surface area contributed by atoms with Gasteiger partial charge >= 0.3 is 0 Å². The number of carbonyl (C=O) groups is 2. The maximum Gasteiger partial charge on any atom is 0.265 e. The van der Waals surface area contributed by atoms with Gasteiger partial charge in [0.1, 0.15) is 11.6 Å². The number of rotatable bonds is 3. The fourth-order valence-electron chi connectivity index (χ4n) is 2.60. The maximum atomic E-state index is 13.0. The van der Waals surface area contributed by atoms with Gasteiger partial charge in [-0.2, -0.15) is 0 Å². The Morgan fingerprint density at radius 3 is 2.81 bits per heavy atom. The molecule has 8 heteroatoms. The Bertz CT molecular complexity index is 1030. The van der Waals surface area contributed by atoms with Crippen LogP contribution in [0.25, 0.3) is 11.3 Å². The van der Waals surface area contributed by atoms with E-state index in [1.54, 1.807) is 24.4 Å². The molecule has 6 nitrogen and oxygen atoms in total. The molecule has 0 spiro atoms. The van der Waals surface area contributed by atoms with Crippen molar-refractivity contribution in [1.29, 1.82) is 0 Å². The second-order valence-electron chi connectivity index (χ2n) is 5.96. The second kappa shape index (κ2) is 6.81. The van der Waals surface area contributed by atoms with Crippen LogP contribution in [-0.4, -0.2) is 22.9 Å². The van der Waals surface area contributed by atoms with Gasteiger partial charge in [-0.05, 0) is 49.4 Å². The van der Waals surface area contributed by atoms with E-state index in [9.17, 15) is 14.0 Å². The van der Waals surface area contributed by atoms with E-state index in [1.807, 2.05) is 6.07 Å². The fraction of sp³-hybridized carbons (Fsp3) is 0.105. The van der Waals surface area contributed by atoms with Crippen LogP contribution < -0.4 is 15.4 Å². The van der Waals surface area contributed by atoms with Gasteiger partial charge < -0.3 is 10.1 Å². The summed E-state index contributed by atoms with van der Waals surface area (Å²) in [6, 6.07) is 10.7. The first-order valence-corrected chi connectivity index (χ1v) is 9.02. The van der Waals surface area contributed by atoms with E-state index in [-0.39, 0.29) is 11.8 Å². The lowest BCUT2D eigenvalue weighted by molar-refractivity contribution is -0.122. The monoisotopic (exact) mass is 383 g/mol. The molecule has 1 aliphatic rings. The summed E-state index contributed by atoms with van der Waals surface area (Å²) in [4.78, 5) is 28.4. The SMILES string of the molecule is C[C@H]1Oc2ccc(-c3csc(NC(=O)c4ccc(F)cc4)n3)cc2NC1=O. The zero-order chi connectivity index (χ0) is 19.0. The van der Waals surface area contributed by atoms with Gasteiger partial charge in [0.05, 0.1) is 11.4 Å². The smallest absolute Gasteiger partial charge is 0.265 e. The molecule has 0 bridgehead atoms. The van der Waals surface area contributed by atoms with Crippen LogP contribution in [-0.2, 0) is 4.79 Å². The van der Waals surface area contributed by atoms with Crippen LogP contribution in [0.5, 0.6) is 5.75 Å². The Morgan fingerprint density at radius 1 is 1.26 bits per heavy atom. The number of halogens is 1. The highest BCUT2D eigenvalue weighted by Gasteiger charge is 2.24. The Hall–Kier alpha value is -3.26. The van der Waals surface area contributed by atoms with Gasteiger partial charge in [-0.15, -0.1) is 11.3 Å². The average molecular weight is 383 g/mol. The van der Waals surface area contributed by atoms with Crippen molar-refractivity contribution in [3.63, 3.8) is 0 Å². The van der Waals surface area contributed by atoms with E-state index >= 15 is 0 Å². The van der Waals surface area contributed by atoms with Crippen LogP contribution in [0.2, 0.25) is 0 Å². The van der Waals surface area contributed by atoms with Crippen LogP contribution in [0.15, 0.2) is 47.8 Å². The van der Waals surface area contributed by atoms with Gasteiger partial charge in [0.15, 0.2) is 11.2 Å². The molecule has 2 heterocycles. The van der Waals surface area contributed by atoms with Crippen LogP contribution >= 0.6 is 11.3 Å². The number of fused-ring (bicyclic) bond motifs is 1. The van der Waals surface area contributed by atoms with Gasteiger partial charge in [0.2, 0.25) is 0 Å².